The van der Waals surface area contributed by atoms with Crippen LogP contribution in [-0.4, -0.2) is 30.3 Å². The monoisotopic (exact) mass is 520 g/mol. The van der Waals surface area contributed by atoms with Gasteiger partial charge in [-0.1, -0.05) is 38.1 Å². The molecule has 0 bridgehead atoms. The molecule has 1 N–H and O–H groups in total. The number of nitrogens with one attached hydrogen (secondary N) is 1. The SMILES string of the molecule is CC(C)c1ccc(-c2cc(C(F)(F)F)n3nc(C(=O)NCc4c(Br)cnn4C)cc3n2)cc1. The van der Waals surface area contributed by atoms with E-state index >= 15 is 0 Å². The van der Waals surface area contributed by atoms with Gasteiger partial charge in [0.25, 0.3) is 5.91 Å². The quantitative estimate of drug-likeness (QED) is 0.403. The lowest BCUT2D eigenvalue weighted by Gasteiger charge is -2.12. The molecule has 0 saturated heterocycles. The number of alkyl halides is 3. The normalized spacial score (nSPS) is 12.0. The number of carbonyl (C=O) groups excluding carboxylic acids is 1. The van der Waals surface area contributed by atoms with Gasteiger partial charge >= 0.3 is 6.18 Å². The molecule has 3 aromatic heterocycles. The third-order valence-corrected chi connectivity index (χ3v) is 5.91. The fourth-order valence-electron chi connectivity index (χ4n) is 3.36. The highest BCUT2D eigenvalue weighted by atomic mass is 79.9. The van der Waals surface area contributed by atoms with Crippen molar-refractivity contribution < 1.29 is 18.0 Å². The van der Waals surface area contributed by atoms with Gasteiger partial charge in [0.05, 0.1) is 28.6 Å². The van der Waals surface area contributed by atoms with Crippen LogP contribution in [-0.2, 0) is 19.8 Å². The Balaban J connectivity index is 1.70. The van der Waals surface area contributed by atoms with Crippen molar-refractivity contribution >= 4 is 27.5 Å². The molecule has 0 aliphatic rings. The summed E-state index contributed by atoms with van der Waals surface area (Å²) < 4.78 is 44.4. The summed E-state index contributed by atoms with van der Waals surface area (Å²) in [6.45, 7) is 4.19. The molecule has 11 heteroatoms. The zero-order valence-corrected chi connectivity index (χ0v) is 19.6. The zero-order chi connectivity index (χ0) is 23.9. The van der Waals surface area contributed by atoms with Crippen LogP contribution in [0.5, 0.6) is 0 Å². The minimum Gasteiger partial charge on any atom is -0.345 e. The average Bonchev–Trinajstić information content (AvgIpc) is 3.33. The maximum atomic E-state index is 13.8. The molecule has 33 heavy (non-hydrogen) atoms. The van der Waals surface area contributed by atoms with Crippen molar-refractivity contribution in [1.82, 2.24) is 29.7 Å². The first kappa shape index (κ1) is 23.0. The predicted octanol–water partition coefficient (Wildman–Crippen LogP) is 4.96. The molecule has 1 amide bonds. The fraction of sp³-hybridized carbons (Fsp3) is 0.273. The van der Waals surface area contributed by atoms with Gasteiger partial charge < -0.3 is 5.32 Å². The summed E-state index contributed by atoms with van der Waals surface area (Å²) in [6.07, 6.45) is -3.10. The van der Waals surface area contributed by atoms with E-state index in [1.54, 1.807) is 30.1 Å². The first-order valence-electron chi connectivity index (χ1n) is 10.1. The summed E-state index contributed by atoms with van der Waals surface area (Å²) in [4.78, 5) is 16.9. The van der Waals surface area contributed by atoms with Gasteiger partial charge in [0, 0.05) is 18.7 Å². The Bertz CT molecular complexity index is 1310. The molecule has 0 spiro atoms. The lowest BCUT2D eigenvalue weighted by Crippen LogP contribution is -2.25. The van der Waals surface area contributed by atoms with E-state index in [4.69, 9.17) is 0 Å². The number of amides is 1. The molecule has 172 valence electrons. The van der Waals surface area contributed by atoms with Crippen LogP contribution < -0.4 is 5.32 Å². The minimum absolute atomic E-state index is 0.0698. The maximum absolute atomic E-state index is 13.8. The van der Waals surface area contributed by atoms with E-state index in [0.717, 1.165) is 11.6 Å². The van der Waals surface area contributed by atoms with Crippen LogP contribution in [0.15, 0.2) is 47.1 Å². The lowest BCUT2D eigenvalue weighted by molar-refractivity contribution is -0.142. The molecule has 0 unspecified atom stereocenters. The topological polar surface area (TPSA) is 77.1 Å². The highest BCUT2D eigenvalue weighted by molar-refractivity contribution is 9.10. The Morgan fingerprint density at radius 2 is 1.88 bits per heavy atom. The summed E-state index contributed by atoms with van der Waals surface area (Å²) in [7, 11) is 1.71. The van der Waals surface area contributed by atoms with Gasteiger partial charge in [-0.05, 0) is 33.5 Å². The van der Waals surface area contributed by atoms with E-state index in [0.29, 0.717) is 26.2 Å². The lowest BCUT2D eigenvalue weighted by atomic mass is 10.0. The number of aromatic nitrogens is 5. The molecule has 0 saturated carbocycles. The van der Waals surface area contributed by atoms with Crippen LogP contribution in [0.3, 0.4) is 0 Å². The van der Waals surface area contributed by atoms with Crippen molar-refractivity contribution in [3.8, 4) is 11.3 Å². The van der Waals surface area contributed by atoms with Crippen molar-refractivity contribution in [2.24, 2.45) is 7.05 Å². The molecule has 0 aliphatic carbocycles. The number of fused-ring (bicyclic) bond motifs is 1. The van der Waals surface area contributed by atoms with Crippen molar-refractivity contribution in [2.75, 3.05) is 0 Å². The van der Waals surface area contributed by atoms with E-state index < -0.39 is 17.8 Å². The summed E-state index contributed by atoms with van der Waals surface area (Å²) in [5.41, 5.74) is 1.21. The van der Waals surface area contributed by atoms with Crippen LogP contribution >= 0.6 is 15.9 Å². The first-order chi connectivity index (χ1) is 15.5. The van der Waals surface area contributed by atoms with E-state index in [-0.39, 0.29) is 23.6 Å². The molecular weight excluding hydrogens is 501 g/mol. The molecule has 3 heterocycles. The second-order valence-corrected chi connectivity index (χ2v) is 8.70. The highest BCUT2D eigenvalue weighted by Gasteiger charge is 2.35. The second kappa shape index (κ2) is 8.62. The Kier molecular flexibility index (Phi) is 6.00. The zero-order valence-electron chi connectivity index (χ0n) is 18.0. The number of hydrogen-bond donors (Lipinski definition) is 1. The number of carbonyl (C=O) groups is 1. The molecule has 0 radical (unpaired) electrons. The number of nitrogens with zero attached hydrogens (tertiary/aromatic N) is 5. The third kappa shape index (κ3) is 4.63. The molecule has 0 fully saturated rings. The predicted molar refractivity (Wildman–Crippen MR) is 120 cm³/mol. The Morgan fingerprint density at radius 3 is 2.45 bits per heavy atom. The van der Waals surface area contributed by atoms with Gasteiger partial charge in [0.1, 0.15) is 0 Å². The van der Waals surface area contributed by atoms with E-state index in [2.05, 4.69) is 36.4 Å². The highest BCUT2D eigenvalue weighted by Crippen LogP contribution is 2.32. The number of hydrogen-bond acceptors (Lipinski definition) is 4. The molecule has 4 rings (SSSR count). The fourth-order valence-corrected chi connectivity index (χ4v) is 3.85. The van der Waals surface area contributed by atoms with Crippen LogP contribution in [0.1, 0.15) is 47.2 Å². The van der Waals surface area contributed by atoms with E-state index in [1.165, 1.54) is 6.07 Å². The molecule has 1 aromatic carbocycles. The Morgan fingerprint density at radius 1 is 1.18 bits per heavy atom. The minimum atomic E-state index is -4.69. The van der Waals surface area contributed by atoms with Crippen LogP contribution in [0.4, 0.5) is 13.2 Å². The Hall–Kier alpha value is -3.21. The summed E-state index contributed by atoms with van der Waals surface area (Å²) >= 11 is 3.34. The van der Waals surface area contributed by atoms with E-state index in [9.17, 15) is 18.0 Å². The summed E-state index contributed by atoms with van der Waals surface area (Å²) in [5.74, 6) is -0.326. The number of aryl methyl sites for hydroxylation is 1. The molecule has 0 atom stereocenters. The van der Waals surface area contributed by atoms with Crippen molar-refractivity contribution in [2.45, 2.75) is 32.5 Å². The van der Waals surface area contributed by atoms with Gasteiger partial charge in [-0.3, -0.25) is 9.48 Å². The van der Waals surface area contributed by atoms with Gasteiger partial charge in [0.15, 0.2) is 17.0 Å². The van der Waals surface area contributed by atoms with Crippen molar-refractivity contribution in [3.05, 3.63) is 69.7 Å². The van der Waals surface area contributed by atoms with Gasteiger partial charge in [-0.25, -0.2) is 9.50 Å². The third-order valence-electron chi connectivity index (χ3n) is 5.25. The molecule has 7 nitrogen and oxygen atoms in total. The smallest absolute Gasteiger partial charge is 0.345 e. The number of halogens is 4. The first-order valence-corrected chi connectivity index (χ1v) is 10.9. The molecule has 0 aliphatic heterocycles. The second-order valence-electron chi connectivity index (χ2n) is 7.85. The standard InChI is InChI=1S/C22H20BrF3N6O/c1-12(2)13-4-6-14(7-5-13)16-8-19(22(24,25)26)32-20(29-16)9-17(30-32)21(33)27-11-18-15(23)10-28-31(18)3/h4-10,12H,11H2,1-3H3,(H,27,33). The van der Waals surface area contributed by atoms with Crippen molar-refractivity contribution in [1.29, 1.82) is 0 Å². The maximum Gasteiger partial charge on any atom is 0.433 e. The Labute approximate surface area is 195 Å². The van der Waals surface area contributed by atoms with Gasteiger partial charge in [0.2, 0.25) is 0 Å². The van der Waals surface area contributed by atoms with Gasteiger partial charge in [-0.15, -0.1) is 0 Å². The van der Waals surface area contributed by atoms with E-state index in [1.807, 2.05) is 26.0 Å². The number of benzene rings is 1. The average molecular weight is 521 g/mol. The van der Waals surface area contributed by atoms with Gasteiger partial charge in [-0.2, -0.15) is 23.4 Å². The molecular formula is C22H20BrF3N6O. The van der Waals surface area contributed by atoms with Crippen LogP contribution in [0, 0.1) is 0 Å². The summed E-state index contributed by atoms with van der Waals surface area (Å²) in [5, 5.41) is 10.6. The van der Waals surface area contributed by atoms with Crippen LogP contribution in [0.25, 0.3) is 16.9 Å². The van der Waals surface area contributed by atoms with Crippen molar-refractivity contribution in [3.63, 3.8) is 0 Å². The van der Waals surface area contributed by atoms with Crippen LogP contribution in [0.2, 0.25) is 0 Å². The largest absolute Gasteiger partial charge is 0.433 e. The summed E-state index contributed by atoms with van der Waals surface area (Å²) in [6, 6.07) is 9.40. The number of rotatable bonds is 5. The molecule has 4 aromatic rings.